The van der Waals surface area contributed by atoms with E-state index in [9.17, 15) is 0 Å². The van der Waals surface area contributed by atoms with E-state index in [-0.39, 0.29) is 0 Å². The van der Waals surface area contributed by atoms with E-state index < -0.39 is 0 Å². The predicted molar refractivity (Wildman–Crippen MR) is 134 cm³/mol. The molecule has 2 aromatic heterocycles. The molecule has 2 aliphatic rings. The molecule has 1 saturated heterocycles. The largest absolute Gasteiger partial charge is 0.370 e. The number of hydrogen-bond acceptors (Lipinski definition) is 5. The van der Waals surface area contributed by atoms with Gasteiger partial charge >= 0.3 is 0 Å². The van der Waals surface area contributed by atoms with Gasteiger partial charge in [-0.15, -0.1) is 11.8 Å². The standard InChI is InChI=1S/C23H25BrClN5S/c24-19-12-27-30-22(10-21(28-23(19)30)18-5-1-2-6-20(18)25)26-11-16-4-3-8-29(13-16)14-17-7-9-31-15-17/h1-2,5-7,9-10,12,16-17,26H,3-4,8,11,13-15H2. The molecule has 5 rings (SSSR count). The quantitative estimate of drug-likeness (QED) is 0.446. The van der Waals surface area contributed by atoms with Crippen molar-refractivity contribution in [2.24, 2.45) is 11.8 Å². The summed E-state index contributed by atoms with van der Waals surface area (Å²) < 4.78 is 2.74. The maximum absolute atomic E-state index is 6.45. The molecule has 4 heterocycles. The number of aromatic nitrogens is 3. The zero-order chi connectivity index (χ0) is 21.2. The second-order valence-electron chi connectivity index (χ2n) is 8.31. The molecule has 1 N–H and O–H groups in total. The van der Waals surface area contributed by atoms with E-state index in [0.717, 1.165) is 40.3 Å². The number of likely N-dealkylation sites (tertiary alicyclic amines) is 1. The van der Waals surface area contributed by atoms with Crippen molar-refractivity contribution >= 4 is 50.8 Å². The average Bonchev–Trinajstić information content (AvgIpc) is 3.43. The first kappa shape index (κ1) is 21.3. The third-order valence-electron chi connectivity index (χ3n) is 6.00. The Morgan fingerprint density at radius 2 is 2.19 bits per heavy atom. The minimum atomic E-state index is 0.623. The smallest absolute Gasteiger partial charge is 0.172 e. The van der Waals surface area contributed by atoms with Crippen LogP contribution < -0.4 is 5.32 Å². The van der Waals surface area contributed by atoms with Crippen LogP contribution in [0.3, 0.4) is 0 Å². The van der Waals surface area contributed by atoms with Gasteiger partial charge in [-0.1, -0.05) is 35.9 Å². The predicted octanol–water partition coefficient (Wildman–Crippen LogP) is 5.81. The first-order valence-corrected chi connectivity index (χ1v) is 12.9. The van der Waals surface area contributed by atoms with Crippen LogP contribution in [0.5, 0.6) is 0 Å². The number of piperidine rings is 1. The summed E-state index contributed by atoms with van der Waals surface area (Å²) in [5.41, 5.74) is 2.56. The third-order valence-corrected chi connectivity index (χ3v) is 7.86. The highest BCUT2D eigenvalue weighted by Gasteiger charge is 2.23. The monoisotopic (exact) mass is 517 g/mol. The lowest BCUT2D eigenvalue weighted by molar-refractivity contribution is 0.170. The van der Waals surface area contributed by atoms with Crippen molar-refractivity contribution in [1.82, 2.24) is 19.5 Å². The second-order valence-corrected chi connectivity index (χ2v) is 10.5. The van der Waals surface area contributed by atoms with Crippen LogP contribution in [0.15, 0.2) is 52.5 Å². The number of thioether (sulfide) groups is 1. The molecular formula is C23H25BrClN5S. The zero-order valence-electron chi connectivity index (χ0n) is 17.2. The fourth-order valence-electron chi connectivity index (χ4n) is 4.45. The highest BCUT2D eigenvalue weighted by molar-refractivity contribution is 9.10. The van der Waals surface area contributed by atoms with E-state index in [1.165, 1.54) is 31.7 Å². The van der Waals surface area contributed by atoms with Crippen molar-refractivity contribution in [3.63, 3.8) is 0 Å². The van der Waals surface area contributed by atoms with Gasteiger partial charge in [0.1, 0.15) is 5.82 Å². The van der Waals surface area contributed by atoms with Crippen LogP contribution in [0.4, 0.5) is 5.82 Å². The van der Waals surface area contributed by atoms with E-state index in [1.807, 2.05) is 40.5 Å². The molecule has 5 nitrogen and oxygen atoms in total. The van der Waals surface area contributed by atoms with Crippen molar-refractivity contribution in [2.75, 3.05) is 37.2 Å². The molecule has 2 unspecified atom stereocenters. The summed E-state index contributed by atoms with van der Waals surface area (Å²) in [7, 11) is 0. The van der Waals surface area contributed by atoms with E-state index in [1.54, 1.807) is 6.20 Å². The molecule has 8 heteroatoms. The van der Waals surface area contributed by atoms with Gasteiger partial charge in [0.25, 0.3) is 0 Å². The minimum absolute atomic E-state index is 0.623. The Labute approximate surface area is 200 Å². The van der Waals surface area contributed by atoms with Gasteiger partial charge in [0.2, 0.25) is 0 Å². The summed E-state index contributed by atoms with van der Waals surface area (Å²) in [6, 6.07) is 9.88. The van der Waals surface area contributed by atoms with Gasteiger partial charge in [0.15, 0.2) is 5.65 Å². The van der Waals surface area contributed by atoms with E-state index in [0.29, 0.717) is 16.9 Å². The topological polar surface area (TPSA) is 45.5 Å². The molecule has 0 amide bonds. The van der Waals surface area contributed by atoms with Gasteiger partial charge in [0, 0.05) is 42.0 Å². The van der Waals surface area contributed by atoms with Crippen molar-refractivity contribution in [2.45, 2.75) is 12.8 Å². The molecule has 0 aliphatic carbocycles. The fraction of sp³-hybridized carbons (Fsp3) is 0.391. The number of rotatable bonds is 6. The molecule has 2 atom stereocenters. The minimum Gasteiger partial charge on any atom is -0.370 e. The third kappa shape index (κ3) is 4.80. The van der Waals surface area contributed by atoms with Gasteiger partial charge < -0.3 is 10.2 Å². The number of nitrogens with one attached hydrogen (secondary N) is 1. The molecule has 162 valence electrons. The molecule has 1 aromatic carbocycles. The number of benzene rings is 1. The van der Waals surface area contributed by atoms with Crippen molar-refractivity contribution in [3.05, 3.63) is 57.5 Å². The highest BCUT2D eigenvalue weighted by atomic mass is 79.9. The molecular weight excluding hydrogens is 494 g/mol. The Bertz CT molecular complexity index is 1100. The maximum atomic E-state index is 6.45. The number of hydrogen-bond donors (Lipinski definition) is 1. The van der Waals surface area contributed by atoms with Crippen molar-refractivity contribution in [3.8, 4) is 11.3 Å². The Kier molecular flexibility index (Phi) is 6.55. The first-order valence-electron chi connectivity index (χ1n) is 10.7. The summed E-state index contributed by atoms with van der Waals surface area (Å²) in [6.45, 7) is 4.47. The van der Waals surface area contributed by atoms with Crippen LogP contribution in [0, 0.1) is 11.8 Å². The number of fused-ring (bicyclic) bond motifs is 1. The lowest BCUT2D eigenvalue weighted by Gasteiger charge is -2.34. The number of halogens is 2. The second kappa shape index (κ2) is 9.53. The molecule has 31 heavy (non-hydrogen) atoms. The van der Waals surface area contributed by atoms with Gasteiger partial charge in [-0.2, -0.15) is 9.61 Å². The molecule has 2 aliphatic heterocycles. The molecule has 0 spiro atoms. The van der Waals surface area contributed by atoms with Crippen LogP contribution in [0.2, 0.25) is 5.02 Å². The van der Waals surface area contributed by atoms with Crippen LogP contribution >= 0.6 is 39.3 Å². The van der Waals surface area contributed by atoms with Crippen LogP contribution in [-0.4, -0.2) is 51.4 Å². The van der Waals surface area contributed by atoms with Crippen LogP contribution in [0.1, 0.15) is 12.8 Å². The van der Waals surface area contributed by atoms with Gasteiger partial charge in [-0.05, 0) is 58.6 Å². The molecule has 1 fully saturated rings. The molecule has 0 saturated carbocycles. The van der Waals surface area contributed by atoms with Crippen LogP contribution in [-0.2, 0) is 0 Å². The molecule has 3 aromatic rings. The number of anilines is 1. The van der Waals surface area contributed by atoms with Crippen LogP contribution in [0.25, 0.3) is 16.9 Å². The summed E-state index contributed by atoms with van der Waals surface area (Å²) in [5, 5.41) is 11.1. The molecule has 0 bridgehead atoms. The van der Waals surface area contributed by atoms with Gasteiger partial charge in [0.05, 0.1) is 16.4 Å². The average molecular weight is 519 g/mol. The number of nitrogens with zero attached hydrogens (tertiary/aromatic N) is 4. The Hall–Kier alpha value is -1.54. The summed E-state index contributed by atoms with van der Waals surface area (Å²) >= 11 is 12.0. The summed E-state index contributed by atoms with van der Waals surface area (Å²) in [6.07, 6.45) is 6.68. The normalized spacial score (nSPS) is 21.7. The lowest BCUT2D eigenvalue weighted by atomic mass is 9.97. The Morgan fingerprint density at radius 1 is 1.29 bits per heavy atom. The Balaban J connectivity index is 1.34. The highest BCUT2D eigenvalue weighted by Crippen LogP contribution is 2.31. The van der Waals surface area contributed by atoms with E-state index in [2.05, 4.69) is 48.8 Å². The summed E-state index contributed by atoms with van der Waals surface area (Å²) in [4.78, 5) is 7.44. The zero-order valence-corrected chi connectivity index (χ0v) is 20.3. The van der Waals surface area contributed by atoms with Crippen molar-refractivity contribution in [1.29, 1.82) is 0 Å². The first-order chi connectivity index (χ1) is 15.2. The SMILES string of the molecule is Clc1ccccc1-c1cc(NCC2CCCN(CC3C=CSC3)C2)n2ncc(Br)c2n1. The molecule has 0 radical (unpaired) electrons. The van der Waals surface area contributed by atoms with Gasteiger partial charge in [-0.3, -0.25) is 0 Å². The summed E-state index contributed by atoms with van der Waals surface area (Å²) in [5.74, 6) is 3.50. The van der Waals surface area contributed by atoms with E-state index in [4.69, 9.17) is 16.6 Å². The van der Waals surface area contributed by atoms with Crippen molar-refractivity contribution < 1.29 is 0 Å². The van der Waals surface area contributed by atoms with E-state index >= 15 is 0 Å². The fourth-order valence-corrected chi connectivity index (χ4v) is 5.94. The Morgan fingerprint density at radius 3 is 3.03 bits per heavy atom. The maximum Gasteiger partial charge on any atom is 0.172 e. The lowest BCUT2D eigenvalue weighted by Crippen LogP contribution is -2.40. The van der Waals surface area contributed by atoms with Gasteiger partial charge in [-0.25, -0.2) is 4.98 Å².